The van der Waals surface area contributed by atoms with Crippen LogP contribution in [0.25, 0.3) is 10.2 Å². The van der Waals surface area contributed by atoms with Gasteiger partial charge in [-0.1, -0.05) is 13.8 Å². The number of β-amino-alcohol motifs (C(OH)–C–C–N with tert-alkyl or cyclic N) is 1. The van der Waals surface area contributed by atoms with Crippen LogP contribution in [-0.2, 0) is 24.9 Å². The van der Waals surface area contributed by atoms with Gasteiger partial charge < -0.3 is 5.11 Å². The summed E-state index contributed by atoms with van der Waals surface area (Å²) in [6, 6.07) is 1.93. The second kappa shape index (κ2) is 8.53. The van der Waals surface area contributed by atoms with E-state index in [-0.39, 0.29) is 30.0 Å². The number of hydrogen-bond acceptors (Lipinski definition) is 7. The lowest BCUT2D eigenvalue weighted by atomic mass is 10.1. The SMILES string of the molecule is CC(C)Cn1c(=O)n(C)c(=O)c2c(C(=O)N3CC(C)(O)CO3)c(Cc3sccc3Br)sc21. The number of hydrogen-bond donors (Lipinski definition) is 1. The molecule has 0 radical (unpaired) electrons. The number of hydroxylamine groups is 2. The van der Waals surface area contributed by atoms with Crippen molar-refractivity contribution in [3.05, 3.63) is 52.1 Å². The topological polar surface area (TPSA) is 93.8 Å². The molecule has 3 aromatic rings. The summed E-state index contributed by atoms with van der Waals surface area (Å²) in [4.78, 5) is 47.4. The van der Waals surface area contributed by atoms with Crippen molar-refractivity contribution in [2.45, 2.75) is 39.3 Å². The van der Waals surface area contributed by atoms with Crippen LogP contribution in [0.2, 0.25) is 0 Å². The minimum Gasteiger partial charge on any atom is -0.386 e. The number of aliphatic hydroxyl groups is 1. The van der Waals surface area contributed by atoms with Gasteiger partial charge in [0.25, 0.3) is 11.5 Å². The Bertz CT molecular complexity index is 1320. The summed E-state index contributed by atoms with van der Waals surface area (Å²) in [6.45, 7) is 5.99. The van der Waals surface area contributed by atoms with Crippen molar-refractivity contribution in [3.8, 4) is 0 Å². The summed E-state index contributed by atoms with van der Waals surface area (Å²) in [5.41, 5.74) is -1.84. The van der Waals surface area contributed by atoms with Crippen molar-refractivity contribution < 1.29 is 14.7 Å². The first kappa shape index (κ1) is 23.4. The van der Waals surface area contributed by atoms with E-state index in [2.05, 4.69) is 15.9 Å². The fourth-order valence-corrected chi connectivity index (χ4v) is 6.61. The van der Waals surface area contributed by atoms with Gasteiger partial charge in [0.1, 0.15) is 17.0 Å². The molecular weight excluding hydrogens is 518 g/mol. The van der Waals surface area contributed by atoms with E-state index in [1.807, 2.05) is 25.3 Å². The Hall–Kier alpha value is -1.79. The van der Waals surface area contributed by atoms with E-state index >= 15 is 0 Å². The third-order valence-corrected chi connectivity index (χ3v) is 8.40. The van der Waals surface area contributed by atoms with Crippen LogP contribution in [0.5, 0.6) is 0 Å². The number of halogens is 1. The summed E-state index contributed by atoms with van der Waals surface area (Å²) in [6.07, 6.45) is 0.432. The number of carbonyl (C=O) groups is 1. The number of rotatable bonds is 5. The van der Waals surface area contributed by atoms with Crippen LogP contribution in [0.4, 0.5) is 0 Å². The monoisotopic (exact) mass is 541 g/mol. The number of carbonyl (C=O) groups excluding carboxylic acids is 1. The largest absolute Gasteiger partial charge is 0.386 e. The van der Waals surface area contributed by atoms with Gasteiger partial charge in [-0.2, -0.15) is 0 Å². The maximum atomic E-state index is 13.6. The molecule has 0 spiro atoms. The number of nitrogens with zero attached hydrogens (tertiary/aromatic N) is 3. The van der Waals surface area contributed by atoms with Gasteiger partial charge in [0.2, 0.25) is 0 Å². The molecule has 8 nitrogen and oxygen atoms in total. The highest BCUT2D eigenvalue weighted by Crippen LogP contribution is 2.35. The molecule has 172 valence electrons. The van der Waals surface area contributed by atoms with Crippen LogP contribution in [0.15, 0.2) is 25.5 Å². The molecule has 3 aromatic heterocycles. The van der Waals surface area contributed by atoms with Crippen molar-refractivity contribution in [1.29, 1.82) is 0 Å². The van der Waals surface area contributed by atoms with Crippen LogP contribution in [0.3, 0.4) is 0 Å². The molecule has 1 aliphatic rings. The van der Waals surface area contributed by atoms with E-state index in [9.17, 15) is 19.5 Å². The molecule has 1 aliphatic heterocycles. The highest BCUT2D eigenvalue weighted by molar-refractivity contribution is 9.10. The molecule has 1 unspecified atom stereocenters. The maximum absolute atomic E-state index is 13.6. The zero-order valence-corrected chi connectivity index (χ0v) is 21.4. The molecule has 0 aliphatic carbocycles. The van der Waals surface area contributed by atoms with E-state index < -0.39 is 22.8 Å². The van der Waals surface area contributed by atoms with Gasteiger partial charge in [-0.25, -0.2) is 9.86 Å². The highest BCUT2D eigenvalue weighted by atomic mass is 79.9. The normalized spacial score (nSPS) is 18.9. The Morgan fingerprint density at radius 1 is 1.34 bits per heavy atom. The van der Waals surface area contributed by atoms with Gasteiger partial charge in [-0.15, -0.1) is 22.7 Å². The summed E-state index contributed by atoms with van der Waals surface area (Å²) in [7, 11) is 1.43. The standard InChI is InChI=1S/C21H24BrN3O5S2/c1-11(2)8-24-19-16(17(26)23(4)20(24)28)15(18(27)25-9-21(3,29)10-30-25)14(32-19)7-13-12(22)5-6-31-13/h5-6,11,29H,7-10H2,1-4H3. The van der Waals surface area contributed by atoms with Crippen LogP contribution in [-0.4, -0.2) is 44.0 Å². The lowest BCUT2D eigenvalue weighted by Gasteiger charge is -2.17. The van der Waals surface area contributed by atoms with Crippen molar-refractivity contribution in [1.82, 2.24) is 14.2 Å². The van der Waals surface area contributed by atoms with Crippen molar-refractivity contribution in [2.24, 2.45) is 13.0 Å². The Kier molecular flexibility index (Phi) is 6.23. The molecule has 4 rings (SSSR count). The van der Waals surface area contributed by atoms with Crippen LogP contribution >= 0.6 is 38.6 Å². The minimum atomic E-state index is -1.16. The smallest absolute Gasteiger partial charge is 0.331 e. The maximum Gasteiger partial charge on any atom is 0.331 e. The first-order valence-corrected chi connectivity index (χ1v) is 12.6. The average molecular weight is 542 g/mol. The van der Waals surface area contributed by atoms with Crippen LogP contribution in [0.1, 0.15) is 40.9 Å². The summed E-state index contributed by atoms with van der Waals surface area (Å²) >= 11 is 6.37. The van der Waals surface area contributed by atoms with Gasteiger partial charge in [-0.05, 0) is 40.2 Å². The second-order valence-corrected chi connectivity index (χ2v) is 11.7. The first-order valence-electron chi connectivity index (χ1n) is 10.1. The summed E-state index contributed by atoms with van der Waals surface area (Å²) in [5, 5.41) is 13.6. The predicted octanol–water partition coefficient (Wildman–Crippen LogP) is 2.97. The Labute approximate surface area is 200 Å². The zero-order valence-electron chi connectivity index (χ0n) is 18.2. The first-order chi connectivity index (χ1) is 15.0. The zero-order chi connectivity index (χ0) is 23.4. The Balaban J connectivity index is 1.98. The van der Waals surface area contributed by atoms with Gasteiger partial charge >= 0.3 is 5.69 Å². The molecule has 1 saturated heterocycles. The quantitative estimate of drug-likeness (QED) is 0.535. The molecule has 4 heterocycles. The molecule has 0 saturated carbocycles. The second-order valence-electron chi connectivity index (χ2n) is 8.71. The molecule has 0 aromatic carbocycles. The van der Waals surface area contributed by atoms with E-state index in [0.29, 0.717) is 22.7 Å². The summed E-state index contributed by atoms with van der Waals surface area (Å²) < 4.78 is 3.56. The van der Waals surface area contributed by atoms with E-state index in [1.165, 1.54) is 18.4 Å². The molecule has 1 atom stereocenters. The van der Waals surface area contributed by atoms with E-state index in [1.54, 1.807) is 22.8 Å². The highest BCUT2D eigenvalue weighted by Gasteiger charge is 2.38. The third-order valence-electron chi connectivity index (χ3n) is 5.26. The number of fused-ring (bicyclic) bond motifs is 1. The Morgan fingerprint density at radius 2 is 2.06 bits per heavy atom. The molecule has 1 fully saturated rings. The summed E-state index contributed by atoms with van der Waals surface area (Å²) in [5.74, 6) is -0.315. The fraction of sp³-hybridized carbons (Fsp3) is 0.476. The minimum absolute atomic E-state index is 0.00272. The number of aromatic nitrogens is 2. The average Bonchev–Trinajstić information content (AvgIpc) is 3.40. The molecular formula is C21H24BrN3O5S2. The van der Waals surface area contributed by atoms with Gasteiger partial charge in [0, 0.05) is 34.2 Å². The van der Waals surface area contributed by atoms with Gasteiger partial charge in [-0.3, -0.25) is 23.6 Å². The van der Waals surface area contributed by atoms with Crippen LogP contribution < -0.4 is 11.2 Å². The molecule has 11 heteroatoms. The van der Waals surface area contributed by atoms with Crippen molar-refractivity contribution >= 4 is 54.7 Å². The van der Waals surface area contributed by atoms with E-state index in [4.69, 9.17) is 4.84 Å². The number of thiophene rings is 2. The lowest BCUT2D eigenvalue weighted by molar-refractivity contribution is -0.0796. The fourth-order valence-electron chi connectivity index (χ4n) is 3.72. The molecule has 1 amide bonds. The van der Waals surface area contributed by atoms with Crippen molar-refractivity contribution in [2.75, 3.05) is 13.2 Å². The lowest BCUT2D eigenvalue weighted by Crippen LogP contribution is -2.39. The number of amides is 1. The third kappa shape index (κ3) is 4.12. The van der Waals surface area contributed by atoms with Crippen molar-refractivity contribution in [3.63, 3.8) is 0 Å². The van der Waals surface area contributed by atoms with Gasteiger partial charge in [0.15, 0.2) is 0 Å². The van der Waals surface area contributed by atoms with Gasteiger partial charge in [0.05, 0.1) is 17.5 Å². The molecule has 0 bridgehead atoms. The van der Waals surface area contributed by atoms with E-state index in [0.717, 1.165) is 19.0 Å². The van der Waals surface area contributed by atoms with Crippen LogP contribution in [0, 0.1) is 5.92 Å². The predicted molar refractivity (Wildman–Crippen MR) is 129 cm³/mol. The molecule has 32 heavy (non-hydrogen) atoms. The Morgan fingerprint density at radius 3 is 2.62 bits per heavy atom. The molecule has 1 N–H and O–H groups in total.